The highest BCUT2D eigenvalue weighted by Gasteiger charge is 2.24. The third kappa shape index (κ3) is 2.93. The van der Waals surface area contributed by atoms with Gasteiger partial charge in [-0.05, 0) is 26.3 Å². The van der Waals surface area contributed by atoms with E-state index in [1.54, 1.807) is 16.8 Å². The van der Waals surface area contributed by atoms with Gasteiger partial charge < -0.3 is 5.11 Å². The molecule has 1 atom stereocenters. The third-order valence-electron chi connectivity index (χ3n) is 2.85. The van der Waals surface area contributed by atoms with Crippen molar-refractivity contribution in [2.24, 2.45) is 0 Å². The Morgan fingerprint density at radius 3 is 2.41 bits per heavy atom. The molecular formula is C14H17NOS. The lowest BCUT2D eigenvalue weighted by Crippen LogP contribution is -2.24. The second kappa shape index (κ2) is 4.59. The molecule has 0 aliphatic rings. The highest BCUT2D eigenvalue weighted by Crippen LogP contribution is 2.28. The van der Waals surface area contributed by atoms with Crippen LogP contribution in [0, 0.1) is 13.8 Å². The van der Waals surface area contributed by atoms with Crippen molar-refractivity contribution >= 4 is 11.3 Å². The first-order chi connectivity index (χ1) is 7.97. The number of nitrogens with zero attached hydrogens (tertiary/aromatic N) is 1. The molecule has 0 bridgehead atoms. The lowest BCUT2D eigenvalue weighted by Gasteiger charge is -2.24. The molecule has 1 heterocycles. The smallest absolute Gasteiger partial charge is 0.0917 e. The van der Waals surface area contributed by atoms with E-state index in [1.165, 1.54) is 11.1 Å². The topological polar surface area (TPSA) is 33.1 Å². The van der Waals surface area contributed by atoms with Crippen molar-refractivity contribution < 1.29 is 5.11 Å². The summed E-state index contributed by atoms with van der Waals surface area (Å²) in [6.07, 6.45) is 2.43. The van der Waals surface area contributed by atoms with Gasteiger partial charge in [0.05, 0.1) is 11.1 Å². The minimum Gasteiger partial charge on any atom is -0.385 e. The molecule has 0 aliphatic carbocycles. The average molecular weight is 247 g/mol. The zero-order chi connectivity index (χ0) is 12.5. The zero-order valence-electron chi connectivity index (χ0n) is 10.4. The summed E-state index contributed by atoms with van der Waals surface area (Å²) in [5.41, 5.74) is 4.31. The predicted molar refractivity (Wildman–Crippen MR) is 71.3 cm³/mol. The minimum atomic E-state index is -0.830. The minimum absolute atomic E-state index is 0.612. The summed E-state index contributed by atoms with van der Waals surface area (Å²) in [6.45, 7) is 5.97. The van der Waals surface area contributed by atoms with Crippen molar-refractivity contribution in [1.82, 2.24) is 4.98 Å². The second-order valence-corrected chi connectivity index (χ2v) is 5.77. The number of thiazole rings is 1. The molecule has 0 fully saturated rings. The van der Waals surface area contributed by atoms with E-state index in [-0.39, 0.29) is 0 Å². The van der Waals surface area contributed by atoms with E-state index in [9.17, 15) is 5.11 Å². The van der Waals surface area contributed by atoms with E-state index in [1.807, 2.05) is 25.3 Å². The molecular weight excluding hydrogens is 230 g/mol. The fourth-order valence-corrected chi connectivity index (χ4v) is 2.80. The molecule has 1 aromatic heterocycles. The maximum absolute atomic E-state index is 10.6. The van der Waals surface area contributed by atoms with Crippen molar-refractivity contribution in [2.75, 3.05) is 0 Å². The van der Waals surface area contributed by atoms with Crippen LogP contribution in [0.15, 0.2) is 29.9 Å². The number of rotatable bonds is 3. The van der Waals surface area contributed by atoms with Gasteiger partial charge in [0.15, 0.2) is 0 Å². The molecule has 2 rings (SSSR count). The molecule has 0 radical (unpaired) electrons. The predicted octanol–water partition coefficient (Wildman–Crippen LogP) is 3.21. The van der Waals surface area contributed by atoms with Gasteiger partial charge in [0.25, 0.3) is 0 Å². The van der Waals surface area contributed by atoms with Crippen molar-refractivity contribution in [3.63, 3.8) is 0 Å². The Kier molecular flexibility index (Phi) is 3.31. The van der Waals surface area contributed by atoms with E-state index < -0.39 is 5.60 Å². The summed E-state index contributed by atoms with van der Waals surface area (Å²) in [5, 5.41) is 10.6. The van der Waals surface area contributed by atoms with Gasteiger partial charge in [0, 0.05) is 17.5 Å². The van der Waals surface area contributed by atoms with Crippen LogP contribution >= 0.6 is 11.3 Å². The molecule has 2 aromatic rings. The molecule has 0 amide bonds. The summed E-state index contributed by atoms with van der Waals surface area (Å²) in [6, 6.07) is 6.22. The highest BCUT2D eigenvalue weighted by molar-refractivity contribution is 7.09. The Balaban J connectivity index is 2.30. The molecule has 3 heteroatoms. The zero-order valence-corrected chi connectivity index (χ0v) is 11.2. The number of hydrogen-bond acceptors (Lipinski definition) is 3. The maximum atomic E-state index is 10.6. The third-order valence-corrected chi connectivity index (χ3v) is 3.63. The van der Waals surface area contributed by atoms with Gasteiger partial charge >= 0.3 is 0 Å². The molecule has 90 valence electrons. The first-order valence-electron chi connectivity index (χ1n) is 5.66. The van der Waals surface area contributed by atoms with Gasteiger partial charge in [-0.15, -0.1) is 11.3 Å². The van der Waals surface area contributed by atoms with E-state index in [2.05, 4.69) is 24.9 Å². The molecule has 17 heavy (non-hydrogen) atoms. The quantitative estimate of drug-likeness (QED) is 0.903. The van der Waals surface area contributed by atoms with Gasteiger partial charge in [0.2, 0.25) is 0 Å². The molecule has 1 N–H and O–H groups in total. The van der Waals surface area contributed by atoms with Crippen LogP contribution in [0.5, 0.6) is 0 Å². The second-order valence-electron chi connectivity index (χ2n) is 4.79. The fourth-order valence-electron chi connectivity index (χ4n) is 2.06. The summed E-state index contributed by atoms with van der Waals surface area (Å²) < 4.78 is 0. The molecule has 0 saturated carbocycles. The molecule has 0 aliphatic heterocycles. The van der Waals surface area contributed by atoms with Crippen LogP contribution in [0.1, 0.15) is 28.5 Å². The molecule has 1 aromatic carbocycles. The van der Waals surface area contributed by atoms with E-state index in [0.717, 1.165) is 10.4 Å². The van der Waals surface area contributed by atoms with Crippen LogP contribution < -0.4 is 0 Å². The molecule has 0 saturated heterocycles. The van der Waals surface area contributed by atoms with E-state index in [4.69, 9.17) is 0 Å². The Morgan fingerprint density at radius 2 is 1.88 bits per heavy atom. The standard InChI is InChI=1S/C14H17NOS/c1-10-4-11(2)6-12(5-10)14(3,16)7-13-8-15-9-17-13/h4-6,8-9,16H,7H2,1-3H3. The van der Waals surface area contributed by atoms with E-state index >= 15 is 0 Å². The van der Waals surface area contributed by atoms with Gasteiger partial charge in [-0.3, -0.25) is 4.98 Å². The number of aromatic nitrogens is 1. The first-order valence-corrected chi connectivity index (χ1v) is 6.54. The summed E-state index contributed by atoms with van der Waals surface area (Å²) in [7, 11) is 0. The Morgan fingerprint density at radius 1 is 1.24 bits per heavy atom. The number of aliphatic hydroxyl groups is 1. The number of aryl methyl sites for hydroxylation is 2. The number of benzene rings is 1. The SMILES string of the molecule is Cc1cc(C)cc(C(C)(O)Cc2cncs2)c1. The lowest BCUT2D eigenvalue weighted by atomic mass is 9.90. The Bertz CT molecular complexity index is 483. The van der Waals surface area contributed by atoms with E-state index in [0.29, 0.717) is 6.42 Å². The molecule has 1 unspecified atom stereocenters. The number of hydrogen-bond donors (Lipinski definition) is 1. The normalized spacial score (nSPS) is 14.6. The van der Waals surface area contributed by atoms with Crippen LogP contribution in [0.2, 0.25) is 0 Å². The first kappa shape index (κ1) is 12.3. The van der Waals surface area contributed by atoms with Crippen LogP contribution in [-0.2, 0) is 12.0 Å². The van der Waals surface area contributed by atoms with Gasteiger partial charge in [-0.25, -0.2) is 0 Å². The summed E-state index contributed by atoms with van der Waals surface area (Å²) in [5.74, 6) is 0. The monoisotopic (exact) mass is 247 g/mol. The van der Waals surface area contributed by atoms with Crippen LogP contribution in [0.4, 0.5) is 0 Å². The Hall–Kier alpha value is -1.19. The highest BCUT2D eigenvalue weighted by atomic mass is 32.1. The van der Waals surface area contributed by atoms with Crippen LogP contribution in [0.25, 0.3) is 0 Å². The molecule has 0 spiro atoms. The summed E-state index contributed by atoms with van der Waals surface area (Å²) >= 11 is 1.58. The largest absolute Gasteiger partial charge is 0.385 e. The van der Waals surface area contributed by atoms with Crippen LogP contribution in [-0.4, -0.2) is 10.1 Å². The fraction of sp³-hybridized carbons (Fsp3) is 0.357. The summed E-state index contributed by atoms with van der Waals surface area (Å²) in [4.78, 5) is 5.15. The van der Waals surface area contributed by atoms with Crippen molar-refractivity contribution in [3.8, 4) is 0 Å². The van der Waals surface area contributed by atoms with Crippen molar-refractivity contribution in [3.05, 3.63) is 51.5 Å². The van der Waals surface area contributed by atoms with Gasteiger partial charge in [0.1, 0.15) is 0 Å². The van der Waals surface area contributed by atoms with Crippen LogP contribution in [0.3, 0.4) is 0 Å². The molecule has 2 nitrogen and oxygen atoms in total. The van der Waals surface area contributed by atoms with Gasteiger partial charge in [-0.1, -0.05) is 29.3 Å². The van der Waals surface area contributed by atoms with Crippen molar-refractivity contribution in [1.29, 1.82) is 0 Å². The lowest BCUT2D eigenvalue weighted by molar-refractivity contribution is 0.0583. The maximum Gasteiger partial charge on any atom is 0.0917 e. The van der Waals surface area contributed by atoms with Gasteiger partial charge in [-0.2, -0.15) is 0 Å². The Labute approximate surface area is 106 Å². The van der Waals surface area contributed by atoms with Crippen molar-refractivity contribution in [2.45, 2.75) is 32.8 Å². The average Bonchev–Trinajstić information content (AvgIpc) is 2.68.